The van der Waals surface area contributed by atoms with E-state index in [1.807, 2.05) is 0 Å². The van der Waals surface area contributed by atoms with Crippen LogP contribution in [0.2, 0.25) is 0 Å². The van der Waals surface area contributed by atoms with Gasteiger partial charge in [0.05, 0.1) is 0 Å². The van der Waals surface area contributed by atoms with Crippen molar-refractivity contribution in [3.8, 4) is 22.3 Å². The van der Waals surface area contributed by atoms with Crippen LogP contribution in [-0.2, 0) is 38.7 Å². The van der Waals surface area contributed by atoms with Crippen molar-refractivity contribution in [3.05, 3.63) is 132 Å². The summed E-state index contributed by atoms with van der Waals surface area (Å²) in [6, 6.07) is 43.5. The molecule has 0 nitrogen and oxygen atoms in total. The van der Waals surface area contributed by atoms with Crippen LogP contribution in [0.4, 0.5) is 0 Å². The number of fused-ring (bicyclic) bond motifs is 2. The second-order valence-corrected chi connectivity index (χ2v) is 8.78. The van der Waals surface area contributed by atoms with Crippen LogP contribution in [0, 0.1) is 0 Å². The number of halogens is 2. The molecule has 6 aromatic carbocycles. The van der Waals surface area contributed by atoms with Crippen molar-refractivity contribution in [1.82, 2.24) is 0 Å². The molecule has 0 unspecified atom stereocenters. The summed E-state index contributed by atoms with van der Waals surface area (Å²) in [7, 11) is 0. The van der Waals surface area contributed by atoms with E-state index in [-0.39, 0.29) is 59.8 Å². The third-order valence-electron chi connectivity index (χ3n) is 6.61. The van der Waals surface area contributed by atoms with Gasteiger partial charge in [-0.2, -0.15) is 12.1 Å². The minimum absolute atomic E-state index is 0. The first kappa shape index (κ1) is 31.1. The maximum atomic E-state index is 2.32. The van der Waals surface area contributed by atoms with Crippen LogP contribution in [-0.4, -0.2) is 0 Å². The molecular formula is C34H30Br2Hf. The molecule has 0 aromatic heterocycles. The van der Waals surface area contributed by atoms with Crippen LogP contribution in [0.15, 0.2) is 121 Å². The van der Waals surface area contributed by atoms with Gasteiger partial charge < -0.3 is 34.0 Å². The molecule has 0 saturated heterocycles. The van der Waals surface area contributed by atoms with Crippen LogP contribution in [0.25, 0.3) is 43.8 Å². The maximum absolute atomic E-state index is 2.32. The fourth-order valence-corrected chi connectivity index (χ4v) is 4.74. The Labute approximate surface area is 260 Å². The van der Waals surface area contributed by atoms with E-state index < -0.39 is 0 Å². The van der Waals surface area contributed by atoms with Crippen LogP contribution in [0.3, 0.4) is 0 Å². The topological polar surface area (TPSA) is 0 Å². The summed E-state index contributed by atoms with van der Waals surface area (Å²) in [6.07, 6.45) is 2.20. The number of aryl methyl sites for hydroxylation is 2. The fourth-order valence-electron chi connectivity index (χ4n) is 4.74. The zero-order valence-corrected chi connectivity index (χ0v) is 28.0. The Morgan fingerprint density at radius 1 is 0.486 bits per heavy atom. The summed E-state index contributed by atoms with van der Waals surface area (Å²) in [5, 5.41) is 5.44. The Morgan fingerprint density at radius 2 is 0.865 bits per heavy atom. The van der Waals surface area contributed by atoms with E-state index in [4.69, 9.17) is 0 Å². The first-order valence-electron chi connectivity index (χ1n) is 12.2. The SMILES string of the molecule is CCc1cc2c(-c3ccccc3)cccc2[cH-]1.CCc1cc2c(-c3ccccc3)cccc2[cH-]1.[Br-].[Br-].[Hf+4]. The second kappa shape index (κ2) is 14.8. The maximum Gasteiger partial charge on any atom is 4.00 e. The summed E-state index contributed by atoms with van der Waals surface area (Å²) in [5.74, 6) is 0. The molecule has 0 aliphatic heterocycles. The molecular weight excluding hydrogens is 747 g/mol. The first-order chi connectivity index (χ1) is 16.8. The smallest absolute Gasteiger partial charge is 1.00 e. The van der Waals surface area contributed by atoms with Crippen LogP contribution < -0.4 is 34.0 Å². The van der Waals surface area contributed by atoms with Gasteiger partial charge in [0.15, 0.2) is 0 Å². The Hall–Kier alpha value is -2.07. The normalized spacial score (nSPS) is 10.0. The molecule has 0 N–H and O–H groups in total. The second-order valence-electron chi connectivity index (χ2n) is 8.78. The van der Waals surface area contributed by atoms with Crippen LogP contribution in [0.1, 0.15) is 25.0 Å². The summed E-state index contributed by atoms with van der Waals surface area (Å²) >= 11 is 0. The van der Waals surface area contributed by atoms with Crippen LogP contribution >= 0.6 is 0 Å². The molecule has 0 saturated carbocycles. The quantitative estimate of drug-likeness (QED) is 0.190. The van der Waals surface area contributed by atoms with Gasteiger partial charge in [0.1, 0.15) is 0 Å². The Morgan fingerprint density at radius 3 is 1.22 bits per heavy atom. The molecule has 0 bridgehead atoms. The molecule has 0 heterocycles. The number of rotatable bonds is 4. The van der Waals surface area contributed by atoms with E-state index in [1.165, 1.54) is 54.9 Å². The monoisotopic (exact) mass is 776 g/mol. The van der Waals surface area contributed by atoms with E-state index in [0.29, 0.717) is 0 Å². The molecule has 0 radical (unpaired) electrons. The van der Waals surface area contributed by atoms with Gasteiger partial charge in [0.25, 0.3) is 0 Å². The fraction of sp³-hybridized carbons (Fsp3) is 0.118. The van der Waals surface area contributed by atoms with Gasteiger partial charge in [-0.05, 0) is 24.0 Å². The summed E-state index contributed by atoms with van der Waals surface area (Å²) in [5.41, 5.74) is 8.11. The molecule has 0 aliphatic rings. The standard InChI is InChI=1S/2C17H15.2BrH.Hf/c2*1-2-13-11-15-9-6-10-16(17(15)12-13)14-7-4-3-5-8-14;;;/h2*3-12H,2H2,1H3;2*1H;/q2*-1;;;+4/p-2. The van der Waals surface area contributed by atoms with Crippen molar-refractivity contribution in [3.63, 3.8) is 0 Å². The number of benzene rings is 4. The zero-order chi connectivity index (χ0) is 23.3. The minimum atomic E-state index is 0. The van der Waals surface area contributed by atoms with Crippen molar-refractivity contribution in [1.29, 1.82) is 0 Å². The molecule has 184 valence electrons. The number of hydrogen-bond acceptors (Lipinski definition) is 0. The van der Waals surface area contributed by atoms with Gasteiger partial charge in [0.2, 0.25) is 0 Å². The van der Waals surface area contributed by atoms with Gasteiger partial charge in [-0.15, -0.1) is 69.1 Å². The Kier molecular flexibility index (Phi) is 12.4. The zero-order valence-electron chi connectivity index (χ0n) is 21.2. The van der Waals surface area contributed by atoms with Crippen molar-refractivity contribution in [2.45, 2.75) is 26.7 Å². The molecule has 0 atom stereocenters. The third-order valence-corrected chi connectivity index (χ3v) is 6.61. The molecule has 0 fully saturated rings. The third kappa shape index (κ3) is 7.07. The van der Waals surface area contributed by atoms with Crippen molar-refractivity contribution >= 4 is 21.5 Å². The molecule has 0 aliphatic carbocycles. The van der Waals surface area contributed by atoms with Crippen molar-refractivity contribution in [2.24, 2.45) is 0 Å². The van der Waals surface area contributed by atoms with E-state index in [9.17, 15) is 0 Å². The molecule has 3 heteroatoms. The van der Waals surface area contributed by atoms with Gasteiger partial charge in [-0.25, -0.2) is 0 Å². The Bertz CT molecular complexity index is 1390. The number of hydrogen-bond donors (Lipinski definition) is 0. The summed E-state index contributed by atoms with van der Waals surface area (Å²) < 4.78 is 0. The molecule has 0 amide bonds. The van der Waals surface area contributed by atoms with E-state index in [1.54, 1.807) is 0 Å². The van der Waals surface area contributed by atoms with E-state index in [2.05, 4.69) is 135 Å². The van der Waals surface area contributed by atoms with E-state index in [0.717, 1.165) is 12.8 Å². The summed E-state index contributed by atoms with van der Waals surface area (Å²) in [4.78, 5) is 0. The molecule has 0 spiro atoms. The predicted octanol–water partition coefficient (Wildman–Crippen LogP) is 3.58. The van der Waals surface area contributed by atoms with E-state index >= 15 is 0 Å². The van der Waals surface area contributed by atoms with Crippen molar-refractivity contribution in [2.75, 3.05) is 0 Å². The summed E-state index contributed by atoms with van der Waals surface area (Å²) in [6.45, 7) is 4.41. The molecule has 37 heavy (non-hydrogen) atoms. The average Bonchev–Trinajstić information content (AvgIpc) is 3.53. The van der Waals surface area contributed by atoms with Gasteiger partial charge in [-0.1, -0.05) is 97.8 Å². The molecule has 6 aromatic rings. The van der Waals surface area contributed by atoms with Gasteiger partial charge >= 0.3 is 25.8 Å². The van der Waals surface area contributed by atoms with Crippen molar-refractivity contribution < 1.29 is 59.8 Å². The largest absolute Gasteiger partial charge is 4.00 e. The van der Waals surface area contributed by atoms with Gasteiger partial charge in [0, 0.05) is 0 Å². The minimum Gasteiger partial charge on any atom is -1.00 e. The Balaban J connectivity index is 0.000000241. The predicted molar refractivity (Wildman–Crippen MR) is 149 cm³/mol. The first-order valence-corrected chi connectivity index (χ1v) is 12.2. The van der Waals surface area contributed by atoms with Crippen LogP contribution in [0.5, 0.6) is 0 Å². The molecule has 6 rings (SSSR count). The van der Waals surface area contributed by atoms with Gasteiger partial charge in [-0.3, -0.25) is 0 Å². The average molecular weight is 777 g/mol.